The third-order valence-electron chi connectivity index (χ3n) is 2.82. The molecule has 0 fully saturated rings. The highest BCUT2D eigenvalue weighted by Gasteiger charge is 2.21. The van der Waals surface area contributed by atoms with E-state index in [9.17, 15) is 8.42 Å². The largest absolute Gasteiger partial charge is 0.390 e. The molecule has 8 heteroatoms. The minimum absolute atomic E-state index is 0.123. The number of aryl methyl sites for hydroxylation is 1. The molecule has 104 valence electrons. The zero-order chi connectivity index (χ0) is 14.0. The lowest BCUT2D eigenvalue weighted by atomic mass is 10.3. The Hall–Kier alpha value is -1.64. The van der Waals surface area contributed by atoms with Crippen molar-refractivity contribution >= 4 is 10.0 Å². The zero-order valence-corrected chi connectivity index (χ0v) is 11.5. The van der Waals surface area contributed by atoms with Crippen molar-refractivity contribution in [3.8, 4) is 0 Å². The molecule has 0 saturated carbocycles. The summed E-state index contributed by atoms with van der Waals surface area (Å²) in [5, 5.41) is 9.08. The lowest BCUT2D eigenvalue weighted by Gasteiger charge is -2.10. The average molecular weight is 284 g/mol. The van der Waals surface area contributed by atoms with Crippen LogP contribution in [0.15, 0.2) is 29.6 Å². The van der Waals surface area contributed by atoms with Gasteiger partial charge in [-0.2, -0.15) is 0 Å². The Labute approximate surface area is 111 Å². The summed E-state index contributed by atoms with van der Waals surface area (Å²) < 4.78 is 28.4. The Kier molecular flexibility index (Phi) is 3.74. The van der Waals surface area contributed by atoms with E-state index >= 15 is 0 Å². The average Bonchev–Trinajstić information content (AvgIpc) is 2.96. The molecule has 0 aliphatic carbocycles. The van der Waals surface area contributed by atoms with Crippen LogP contribution in [0, 0.1) is 0 Å². The molecule has 1 unspecified atom stereocenters. The molecule has 2 heterocycles. The summed E-state index contributed by atoms with van der Waals surface area (Å²) in [5.74, 6) is 0.543. The normalized spacial score (nSPS) is 13.6. The van der Waals surface area contributed by atoms with Crippen molar-refractivity contribution in [2.45, 2.75) is 24.5 Å². The monoisotopic (exact) mass is 284 g/mol. The molecule has 0 saturated heterocycles. The van der Waals surface area contributed by atoms with Crippen LogP contribution >= 0.6 is 0 Å². The molecule has 0 amide bonds. The van der Waals surface area contributed by atoms with Gasteiger partial charge in [-0.1, -0.05) is 0 Å². The SMILES string of the molecule is CC(NS(=O)(=O)c1cc(CO)n(C)c1)c1ncc[nH]1. The summed E-state index contributed by atoms with van der Waals surface area (Å²) in [7, 11) is -1.96. The van der Waals surface area contributed by atoms with Crippen LogP contribution < -0.4 is 4.72 Å². The number of hydrogen-bond acceptors (Lipinski definition) is 4. The number of nitrogens with one attached hydrogen (secondary N) is 2. The maximum absolute atomic E-state index is 12.2. The third-order valence-corrected chi connectivity index (χ3v) is 4.32. The van der Waals surface area contributed by atoms with E-state index in [2.05, 4.69) is 14.7 Å². The Morgan fingerprint density at radius 2 is 2.32 bits per heavy atom. The molecule has 0 aliphatic rings. The minimum atomic E-state index is -3.64. The van der Waals surface area contributed by atoms with E-state index in [0.29, 0.717) is 11.5 Å². The fourth-order valence-corrected chi connectivity index (χ4v) is 3.05. The second kappa shape index (κ2) is 5.16. The van der Waals surface area contributed by atoms with Crippen molar-refractivity contribution in [1.29, 1.82) is 0 Å². The number of aliphatic hydroxyl groups is 1. The topological polar surface area (TPSA) is 100 Å². The van der Waals surface area contributed by atoms with Gasteiger partial charge in [-0.25, -0.2) is 18.1 Å². The van der Waals surface area contributed by atoms with E-state index in [-0.39, 0.29) is 11.5 Å². The van der Waals surface area contributed by atoms with Gasteiger partial charge in [0.15, 0.2) is 0 Å². The van der Waals surface area contributed by atoms with E-state index in [1.54, 1.807) is 30.9 Å². The van der Waals surface area contributed by atoms with Crippen molar-refractivity contribution in [2.75, 3.05) is 0 Å². The van der Waals surface area contributed by atoms with E-state index in [0.717, 1.165) is 0 Å². The Morgan fingerprint density at radius 1 is 1.58 bits per heavy atom. The summed E-state index contributed by atoms with van der Waals surface area (Å²) in [6, 6.07) is 0.981. The fraction of sp³-hybridized carbons (Fsp3) is 0.364. The first-order chi connectivity index (χ1) is 8.94. The molecule has 2 aromatic rings. The number of hydrogen-bond donors (Lipinski definition) is 3. The highest BCUT2D eigenvalue weighted by molar-refractivity contribution is 7.89. The molecule has 7 nitrogen and oxygen atoms in total. The van der Waals surface area contributed by atoms with Crippen molar-refractivity contribution < 1.29 is 13.5 Å². The number of imidazole rings is 1. The van der Waals surface area contributed by atoms with E-state index < -0.39 is 16.1 Å². The first kappa shape index (κ1) is 13.8. The van der Waals surface area contributed by atoms with Crippen LogP contribution in [0.4, 0.5) is 0 Å². The second-order valence-electron chi connectivity index (χ2n) is 4.25. The molecule has 0 radical (unpaired) electrons. The smallest absolute Gasteiger partial charge is 0.242 e. The zero-order valence-electron chi connectivity index (χ0n) is 10.7. The highest BCUT2D eigenvalue weighted by atomic mass is 32.2. The lowest BCUT2D eigenvalue weighted by Crippen LogP contribution is -2.27. The first-order valence-corrected chi connectivity index (χ1v) is 7.20. The molecule has 0 aliphatic heterocycles. The van der Waals surface area contributed by atoms with Gasteiger partial charge in [-0.05, 0) is 13.0 Å². The molecule has 2 aromatic heterocycles. The number of sulfonamides is 1. The van der Waals surface area contributed by atoms with Gasteiger partial charge in [-0.3, -0.25) is 0 Å². The van der Waals surface area contributed by atoms with Gasteiger partial charge in [0, 0.05) is 31.3 Å². The molecule has 0 aromatic carbocycles. The second-order valence-corrected chi connectivity index (χ2v) is 5.97. The molecule has 1 atom stereocenters. The van der Waals surface area contributed by atoms with Crippen molar-refractivity contribution in [3.63, 3.8) is 0 Å². The predicted molar refractivity (Wildman–Crippen MR) is 68.7 cm³/mol. The summed E-state index contributed by atoms with van der Waals surface area (Å²) in [6.07, 6.45) is 4.65. The molecule has 2 rings (SSSR count). The lowest BCUT2D eigenvalue weighted by molar-refractivity contribution is 0.272. The maximum atomic E-state index is 12.2. The van der Waals surface area contributed by atoms with E-state index in [1.807, 2.05) is 0 Å². The van der Waals surface area contributed by atoms with Gasteiger partial charge in [0.1, 0.15) is 5.82 Å². The summed E-state index contributed by atoms with van der Waals surface area (Å²) in [6.45, 7) is 1.49. The van der Waals surface area contributed by atoms with Gasteiger partial charge < -0.3 is 14.7 Å². The number of aromatic nitrogens is 3. The molecule has 0 spiro atoms. The number of nitrogens with zero attached hydrogens (tertiary/aromatic N) is 2. The summed E-state index contributed by atoms with van der Waals surface area (Å²) in [5.41, 5.74) is 0.533. The van der Waals surface area contributed by atoms with Gasteiger partial charge >= 0.3 is 0 Å². The van der Waals surface area contributed by atoms with Crippen molar-refractivity contribution in [2.24, 2.45) is 7.05 Å². The summed E-state index contributed by atoms with van der Waals surface area (Å²) >= 11 is 0. The Balaban J connectivity index is 2.22. The Bertz CT molecular complexity index is 646. The number of aliphatic hydroxyl groups excluding tert-OH is 1. The fourth-order valence-electron chi connectivity index (χ4n) is 1.75. The predicted octanol–water partition coefficient (Wildman–Crippen LogP) is 0.280. The minimum Gasteiger partial charge on any atom is -0.390 e. The molecular formula is C11H16N4O3S. The number of H-pyrrole nitrogens is 1. The van der Waals surface area contributed by atoms with Gasteiger partial charge in [-0.15, -0.1) is 0 Å². The standard InChI is InChI=1S/C11H16N4O3S/c1-8(11-12-3-4-13-11)14-19(17,18)10-5-9(7-16)15(2)6-10/h3-6,8,14,16H,7H2,1-2H3,(H,12,13). The van der Waals surface area contributed by atoms with Crippen LogP contribution in [0.2, 0.25) is 0 Å². The van der Waals surface area contributed by atoms with Gasteiger partial charge in [0.25, 0.3) is 0 Å². The van der Waals surface area contributed by atoms with Crippen molar-refractivity contribution in [1.82, 2.24) is 19.3 Å². The van der Waals surface area contributed by atoms with Crippen LogP contribution in [0.1, 0.15) is 24.5 Å². The van der Waals surface area contributed by atoms with Gasteiger partial charge in [0.2, 0.25) is 10.0 Å². The molecule has 3 N–H and O–H groups in total. The molecular weight excluding hydrogens is 268 g/mol. The van der Waals surface area contributed by atoms with Crippen LogP contribution in [0.3, 0.4) is 0 Å². The van der Waals surface area contributed by atoms with Crippen LogP contribution in [-0.4, -0.2) is 28.1 Å². The Morgan fingerprint density at radius 3 is 2.84 bits per heavy atom. The molecule has 19 heavy (non-hydrogen) atoms. The quantitative estimate of drug-likeness (QED) is 0.734. The molecule has 0 bridgehead atoms. The third kappa shape index (κ3) is 2.86. The van der Waals surface area contributed by atoms with Gasteiger partial charge in [0.05, 0.1) is 17.5 Å². The van der Waals surface area contributed by atoms with Crippen LogP contribution in [-0.2, 0) is 23.7 Å². The maximum Gasteiger partial charge on any atom is 0.242 e. The van der Waals surface area contributed by atoms with Crippen LogP contribution in [0.25, 0.3) is 0 Å². The van der Waals surface area contributed by atoms with E-state index in [1.165, 1.54) is 12.3 Å². The number of aromatic amines is 1. The summed E-state index contributed by atoms with van der Waals surface area (Å²) in [4.78, 5) is 6.98. The van der Waals surface area contributed by atoms with Crippen molar-refractivity contribution in [3.05, 3.63) is 36.2 Å². The number of rotatable bonds is 5. The highest BCUT2D eigenvalue weighted by Crippen LogP contribution is 2.16. The first-order valence-electron chi connectivity index (χ1n) is 5.71. The van der Waals surface area contributed by atoms with E-state index in [4.69, 9.17) is 5.11 Å². The van der Waals surface area contributed by atoms with Crippen LogP contribution in [0.5, 0.6) is 0 Å².